The average molecular weight is 362 g/mol. The first-order valence-electron chi connectivity index (χ1n) is 6.23. The van der Waals surface area contributed by atoms with Crippen molar-refractivity contribution in [2.45, 2.75) is 39.0 Å². The van der Waals surface area contributed by atoms with Crippen LogP contribution in [0.15, 0.2) is 24.3 Å². The number of halogens is 2. The van der Waals surface area contributed by atoms with Crippen molar-refractivity contribution in [2.75, 3.05) is 10.7 Å². The van der Waals surface area contributed by atoms with Crippen molar-refractivity contribution in [3.63, 3.8) is 0 Å². The van der Waals surface area contributed by atoms with Gasteiger partial charge in [0.05, 0.1) is 0 Å². The highest BCUT2D eigenvalue weighted by Gasteiger charge is 2.29. The van der Waals surface area contributed by atoms with E-state index in [-0.39, 0.29) is 5.41 Å². The molecular formula is C15H22Br2. The third-order valence-corrected chi connectivity index (χ3v) is 5.49. The van der Waals surface area contributed by atoms with E-state index >= 15 is 0 Å². The molecule has 0 bridgehead atoms. The molecule has 0 aliphatic carbocycles. The first kappa shape index (κ1) is 15.2. The van der Waals surface area contributed by atoms with Gasteiger partial charge in [-0.1, -0.05) is 82.0 Å². The second-order valence-electron chi connectivity index (χ2n) is 5.35. The molecule has 0 spiro atoms. The molecule has 0 saturated heterocycles. The average Bonchev–Trinajstić information content (AvgIpc) is 2.31. The Morgan fingerprint density at radius 1 is 1.18 bits per heavy atom. The van der Waals surface area contributed by atoms with E-state index in [0.29, 0.717) is 0 Å². The Labute approximate surface area is 122 Å². The number of alkyl halides is 2. The quantitative estimate of drug-likeness (QED) is 0.590. The smallest absolute Gasteiger partial charge is 0.0147 e. The van der Waals surface area contributed by atoms with Gasteiger partial charge in [-0.25, -0.2) is 0 Å². The predicted molar refractivity (Wildman–Crippen MR) is 84.5 cm³/mol. The molecule has 1 rings (SSSR count). The second kappa shape index (κ2) is 6.94. The van der Waals surface area contributed by atoms with Crippen LogP contribution in [-0.4, -0.2) is 10.7 Å². The van der Waals surface area contributed by atoms with Gasteiger partial charge >= 0.3 is 0 Å². The van der Waals surface area contributed by atoms with E-state index in [1.54, 1.807) is 0 Å². The first-order chi connectivity index (χ1) is 8.04. The van der Waals surface area contributed by atoms with Crippen LogP contribution in [0.1, 0.15) is 37.8 Å². The fourth-order valence-corrected chi connectivity index (χ4v) is 4.14. The van der Waals surface area contributed by atoms with Gasteiger partial charge in [0, 0.05) is 16.1 Å². The summed E-state index contributed by atoms with van der Waals surface area (Å²) in [7, 11) is 0. The monoisotopic (exact) mass is 360 g/mol. The SMILES string of the molecule is Cc1cccc(C(CBr)(CBr)CCC(C)C)c1. The predicted octanol–water partition coefficient (Wildman–Crippen LogP) is 5.46. The summed E-state index contributed by atoms with van der Waals surface area (Å²) in [6.45, 7) is 6.76. The molecule has 0 nitrogen and oxygen atoms in total. The van der Waals surface area contributed by atoms with E-state index in [1.165, 1.54) is 24.0 Å². The zero-order valence-electron chi connectivity index (χ0n) is 11.0. The van der Waals surface area contributed by atoms with Crippen LogP contribution in [0.25, 0.3) is 0 Å². The standard InChI is InChI=1S/C15H22Br2/c1-12(2)7-8-15(10-16,11-17)14-6-4-5-13(3)9-14/h4-6,9,12H,7-8,10-11H2,1-3H3. The lowest BCUT2D eigenvalue weighted by atomic mass is 9.78. The van der Waals surface area contributed by atoms with Crippen LogP contribution in [0.2, 0.25) is 0 Å². The summed E-state index contributed by atoms with van der Waals surface area (Å²) in [6, 6.07) is 8.91. The summed E-state index contributed by atoms with van der Waals surface area (Å²) < 4.78 is 0. The van der Waals surface area contributed by atoms with Crippen molar-refractivity contribution < 1.29 is 0 Å². The molecule has 1 aromatic rings. The molecule has 0 N–H and O–H groups in total. The molecule has 0 aliphatic rings. The number of aryl methyl sites for hydroxylation is 1. The van der Waals surface area contributed by atoms with Crippen LogP contribution >= 0.6 is 31.9 Å². The molecule has 17 heavy (non-hydrogen) atoms. The van der Waals surface area contributed by atoms with Gasteiger partial charge in [-0.2, -0.15) is 0 Å². The van der Waals surface area contributed by atoms with E-state index in [2.05, 4.69) is 76.9 Å². The van der Waals surface area contributed by atoms with Crippen LogP contribution in [0.5, 0.6) is 0 Å². The van der Waals surface area contributed by atoms with Gasteiger partial charge in [-0.3, -0.25) is 0 Å². The Morgan fingerprint density at radius 2 is 1.82 bits per heavy atom. The van der Waals surface area contributed by atoms with Gasteiger partial charge in [0.2, 0.25) is 0 Å². The van der Waals surface area contributed by atoms with Gasteiger partial charge in [0.1, 0.15) is 0 Å². The molecule has 0 aromatic heterocycles. The molecule has 0 aliphatic heterocycles. The lowest BCUT2D eigenvalue weighted by molar-refractivity contribution is 0.430. The van der Waals surface area contributed by atoms with Crippen LogP contribution < -0.4 is 0 Å². The minimum absolute atomic E-state index is 0.232. The van der Waals surface area contributed by atoms with Crippen LogP contribution in [0.3, 0.4) is 0 Å². The number of hydrogen-bond donors (Lipinski definition) is 0. The molecule has 0 radical (unpaired) electrons. The maximum atomic E-state index is 3.71. The Kier molecular flexibility index (Phi) is 6.22. The molecule has 96 valence electrons. The summed E-state index contributed by atoms with van der Waals surface area (Å²) in [5, 5.41) is 2.03. The van der Waals surface area contributed by atoms with Crippen LogP contribution in [0.4, 0.5) is 0 Å². The lowest BCUT2D eigenvalue weighted by Gasteiger charge is -2.32. The highest BCUT2D eigenvalue weighted by Crippen LogP contribution is 2.35. The van der Waals surface area contributed by atoms with Crippen molar-refractivity contribution in [3.8, 4) is 0 Å². The summed E-state index contributed by atoms with van der Waals surface area (Å²) in [4.78, 5) is 0. The van der Waals surface area contributed by atoms with Crippen molar-refractivity contribution >= 4 is 31.9 Å². The number of hydrogen-bond acceptors (Lipinski definition) is 0. The number of benzene rings is 1. The zero-order chi connectivity index (χ0) is 12.9. The minimum Gasteiger partial charge on any atom is -0.0918 e. The summed E-state index contributed by atoms with van der Waals surface area (Å²) in [5.41, 5.74) is 3.03. The van der Waals surface area contributed by atoms with Crippen LogP contribution in [-0.2, 0) is 5.41 Å². The highest BCUT2D eigenvalue weighted by atomic mass is 79.9. The Balaban J connectivity index is 2.97. The van der Waals surface area contributed by atoms with E-state index in [1.807, 2.05) is 0 Å². The summed E-state index contributed by atoms with van der Waals surface area (Å²) >= 11 is 7.43. The lowest BCUT2D eigenvalue weighted by Crippen LogP contribution is -2.30. The van der Waals surface area contributed by atoms with Gasteiger partial charge in [0.25, 0.3) is 0 Å². The third-order valence-electron chi connectivity index (χ3n) is 3.34. The van der Waals surface area contributed by atoms with E-state index in [0.717, 1.165) is 16.6 Å². The Bertz CT molecular complexity index is 341. The molecule has 1 aromatic carbocycles. The largest absolute Gasteiger partial charge is 0.0918 e. The molecule has 0 fully saturated rings. The van der Waals surface area contributed by atoms with Crippen molar-refractivity contribution in [2.24, 2.45) is 5.92 Å². The highest BCUT2D eigenvalue weighted by molar-refractivity contribution is 9.09. The summed E-state index contributed by atoms with van der Waals surface area (Å²) in [6.07, 6.45) is 2.50. The minimum atomic E-state index is 0.232. The van der Waals surface area contributed by atoms with E-state index < -0.39 is 0 Å². The van der Waals surface area contributed by atoms with Crippen LogP contribution in [0, 0.1) is 12.8 Å². The summed E-state index contributed by atoms with van der Waals surface area (Å²) in [5.74, 6) is 0.761. The van der Waals surface area contributed by atoms with Gasteiger partial charge < -0.3 is 0 Å². The van der Waals surface area contributed by atoms with Crippen molar-refractivity contribution in [1.82, 2.24) is 0 Å². The zero-order valence-corrected chi connectivity index (χ0v) is 14.1. The van der Waals surface area contributed by atoms with Gasteiger partial charge in [-0.15, -0.1) is 0 Å². The topological polar surface area (TPSA) is 0 Å². The molecule has 2 heteroatoms. The fourth-order valence-electron chi connectivity index (χ4n) is 2.01. The maximum Gasteiger partial charge on any atom is 0.0147 e. The molecule has 0 unspecified atom stereocenters. The Morgan fingerprint density at radius 3 is 2.29 bits per heavy atom. The van der Waals surface area contributed by atoms with Gasteiger partial charge in [-0.05, 0) is 24.8 Å². The Hall–Kier alpha value is 0.180. The van der Waals surface area contributed by atoms with Crippen molar-refractivity contribution in [1.29, 1.82) is 0 Å². The second-order valence-corrected chi connectivity index (χ2v) is 6.47. The molecule has 0 atom stereocenters. The van der Waals surface area contributed by atoms with Crippen molar-refractivity contribution in [3.05, 3.63) is 35.4 Å². The maximum absolute atomic E-state index is 3.71. The third kappa shape index (κ3) is 4.10. The molecule has 0 saturated carbocycles. The fraction of sp³-hybridized carbons (Fsp3) is 0.600. The normalized spacial score (nSPS) is 12.1. The molecular weight excluding hydrogens is 340 g/mol. The van der Waals surface area contributed by atoms with E-state index in [4.69, 9.17) is 0 Å². The molecule has 0 amide bonds. The first-order valence-corrected chi connectivity index (χ1v) is 8.47. The van der Waals surface area contributed by atoms with Gasteiger partial charge in [0.15, 0.2) is 0 Å². The molecule has 0 heterocycles. The number of rotatable bonds is 6. The van der Waals surface area contributed by atoms with E-state index in [9.17, 15) is 0 Å².